The topological polar surface area (TPSA) is 46.9 Å². The van der Waals surface area contributed by atoms with E-state index in [0.29, 0.717) is 5.56 Å². The Morgan fingerprint density at radius 1 is 1.37 bits per heavy atom. The first-order valence-corrected chi connectivity index (χ1v) is 7.21. The van der Waals surface area contributed by atoms with Crippen LogP contribution in [0.2, 0.25) is 0 Å². The molecule has 1 aromatic carbocycles. The van der Waals surface area contributed by atoms with Crippen LogP contribution < -0.4 is 5.32 Å². The van der Waals surface area contributed by atoms with Crippen LogP contribution >= 0.6 is 11.8 Å². The molecule has 0 aliphatic carbocycles. The molecule has 1 amide bonds. The Kier molecular flexibility index (Phi) is 3.95. The van der Waals surface area contributed by atoms with Gasteiger partial charge in [0, 0.05) is 23.3 Å². The van der Waals surface area contributed by atoms with Gasteiger partial charge in [0.15, 0.2) is 0 Å². The number of carbonyl (C=O) groups is 1. The number of carbonyl (C=O) groups excluding carboxylic acids is 1. The normalized spacial score (nSPS) is 10.5. The summed E-state index contributed by atoms with van der Waals surface area (Å²) in [7, 11) is 1.84. The third-order valence-corrected chi connectivity index (χ3v) is 3.79. The first-order chi connectivity index (χ1) is 9.02. The lowest BCUT2D eigenvalue weighted by molar-refractivity contribution is 0.102. The van der Waals surface area contributed by atoms with Crippen LogP contribution in [0.4, 0.5) is 5.69 Å². The number of aryl methyl sites for hydroxylation is 2. The van der Waals surface area contributed by atoms with Crippen molar-refractivity contribution in [2.45, 2.75) is 18.7 Å². The maximum absolute atomic E-state index is 12.3. The van der Waals surface area contributed by atoms with Gasteiger partial charge in [-0.2, -0.15) is 5.10 Å². The van der Waals surface area contributed by atoms with Crippen molar-refractivity contribution in [1.82, 2.24) is 9.78 Å². The molecule has 5 heteroatoms. The van der Waals surface area contributed by atoms with Crippen molar-refractivity contribution in [3.63, 3.8) is 0 Å². The highest BCUT2D eigenvalue weighted by Crippen LogP contribution is 2.20. The second-order valence-electron chi connectivity index (χ2n) is 4.36. The third kappa shape index (κ3) is 2.81. The highest BCUT2D eigenvalue weighted by Gasteiger charge is 2.17. The maximum Gasteiger partial charge on any atom is 0.259 e. The minimum Gasteiger partial charge on any atom is -0.322 e. The first kappa shape index (κ1) is 13.7. The summed E-state index contributed by atoms with van der Waals surface area (Å²) >= 11 is 1.65. The van der Waals surface area contributed by atoms with Gasteiger partial charge >= 0.3 is 0 Å². The van der Waals surface area contributed by atoms with Crippen LogP contribution in [-0.2, 0) is 7.05 Å². The van der Waals surface area contributed by atoms with Crippen molar-refractivity contribution in [2.75, 3.05) is 11.6 Å². The summed E-state index contributed by atoms with van der Waals surface area (Å²) in [6.45, 7) is 3.74. The summed E-state index contributed by atoms with van der Waals surface area (Å²) in [5.41, 5.74) is 3.08. The average Bonchev–Trinajstić information content (AvgIpc) is 2.63. The van der Waals surface area contributed by atoms with Gasteiger partial charge in [0.2, 0.25) is 0 Å². The highest BCUT2D eigenvalue weighted by atomic mass is 32.2. The quantitative estimate of drug-likeness (QED) is 0.876. The molecule has 2 aromatic rings. The molecule has 19 heavy (non-hydrogen) atoms. The van der Waals surface area contributed by atoms with Gasteiger partial charge in [-0.25, -0.2) is 0 Å². The average molecular weight is 275 g/mol. The van der Waals surface area contributed by atoms with E-state index in [-0.39, 0.29) is 5.91 Å². The van der Waals surface area contributed by atoms with Crippen LogP contribution in [0.15, 0.2) is 29.2 Å². The number of amides is 1. The van der Waals surface area contributed by atoms with Gasteiger partial charge in [0.1, 0.15) is 0 Å². The molecule has 0 fully saturated rings. The van der Waals surface area contributed by atoms with E-state index in [2.05, 4.69) is 10.4 Å². The molecular weight excluding hydrogens is 258 g/mol. The SMILES string of the molecule is CSc1cccc(NC(=O)c2c(C)nn(C)c2C)c1. The minimum atomic E-state index is -0.110. The molecular formula is C14H17N3OS. The predicted octanol–water partition coefficient (Wildman–Crippen LogP) is 3.01. The summed E-state index contributed by atoms with van der Waals surface area (Å²) < 4.78 is 1.72. The molecule has 0 atom stereocenters. The van der Waals surface area contributed by atoms with Gasteiger partial charge in [0.25, 0.3) is 5.91 Å². The van der Waals surface area contributed by atoms with Gasteiger partial charge in [-0.3, -0.25) is 9.48 Å². The van der Waals surface area contributed by atoms with Crippen molar-refractivity contribution in [3.05, 3.63) is 41.2 Å². The van der Waals surface area contributed by atoms with Crippen LogP contribution in [0.1, 0.15) is 21.7 Å². The highest BCUT2D eigenvalue weighted by molar-refractivity contribution is 7.98. The van der Waals surface area contributed by atoms with E-state index >= 15 is 0 Å². The number of benzene rings is 1. The molecule has 0 aliphatic rings. The second kappa shape index (κ2) is 5.48. The first-order valence-electron chi connectivity index (χ1n) is 5.98. The molecule has 0 saturated heterocycles. The van der Waals surface area contributed by atoms with Crippen LogP contribution in [0.3, 0.4) is 0 Å². The van der Waals surface area contributed by atoms with Gasteiger partial charge in [0.05, 0.1) is 11.3 Å². The van der Waals surface area contributed by atoms with Crippen LogP contribution in [-0.4, -0.2) is 21.9 Å². The Morgan fingerprint density at radius 3 is 2.68 bits per heavy atom. The summed E-state index contributed by atoms with van der Waals surface area (Å²) in [6.07, 6.45) is 2.01. The molecule has 1 heterocycles. The van der Waals surface area contributed by atoms with Crippen LogP contribution in [0, 0.1) is 13.8 Å². The van der Waals surface area contributed by atoms with Crippen molar-refractivity contribution >= 4 is 23.4 Å². The van der Waals surface area contributed by atoms with Crippen LogP contribution in [0.25, 0.3) is 0 Å². The lowest BCUT2D eigenvalue weighted by atomic mass is 10.2. The molecule has 0 radical (unpaired) electrons. The Bertz CT molecular complexity index is 619. The van der Waals surface area contributed by atoms with Gasteiger partial charge in [-0.1, -0.05) is 6.07 Å². The van der Waals surface area contributed by atoms with Gasteiger partial charge < -0.3 is 5.32 Å². The number of thioether (sulfide) groups is 1. The fourth-order valence-corrected chi connectivity index (χ4v) is 2.46. The summed E-state index contributed by atoms with van der Waals surface area (Å²) in [4.78, 5) is 13.4. The number of anilines is 1. The summed E-state index contributed by atoms with van der Waals surface area (Å²) in [5.74, 6) is -0.110. The molecule has 2 rings (SSSR count). The van der Waals surface area contributed by atoms with E-state index < -0.39 is 0 Å². The number of nitrogens with one attached hydrogen (secondary N) is 1. The monoisotopic (exact) mass is 275 g/mol. The lowest BCUT2D eigenvalue weighted by Gasteiger charge is -2.07. The van der Waals surface area contributed by atoms with Gasteiger partial charge in [-0.05, 0) is 38.3 Å². The van der Waals surface area contributed by atoms with Crippen molar-refractivity contribution in [1.29, 1.82) is 0 Å². The predicted molar refractivity (Wildman–Crippen MR) is 78.9 cm³/mol. The van der Waals surface area contributed by atoms with E-state index in [1.807, 2.05) is 51.4 Å². The van der Waals surface area contributed by atoms with E-state index in [0.717, 1.165) is 22.0 Å². The van der Waals surface area contributed by atoms with Gasteiger partial charge in [-0.15, -0.1) is 11.8 Å². The number of aromatic nitrogens is 2. The van der Waals surface area contributed by atoms with E-state index in [1.54, 1.807) is 16.4 Å². The molecule has 1 N–H and O–H groups in total. The number of rotatable bonds is 3. The minimum absolute atomic E-state index is 0.110. The van der Waals surface area contributed by atoms with Crippen molar-refractivity contribution in [2.24, 2.45) is 7.05 Å². The smallest absolute Gasteiger partial charge is 0.259 e. The zero-order valence-electron chi connectivity index (χ0n) is 11.5. The number of hydrogen-bond acceptors (Lipinski definition) is 3. The van der Waals surface area contributed by atoms with E-state index in [9.17, 15) is 4.79 Å². The fourth-order valence-electron chi connectivity index (χ4n) is 2.00. The zero-order chi connectivity index (χ0) is 14.0. The molecule has 4 nitrogen and oxygen atoms in total. The Balaban J connectivity index is 2.25. The third-order valence-electron chi connectivity index (χ3n) is 3.06. The molecule has 0 bridgehead atoms. The Hall–Kier alpha value is -1.75. The molecule has 100 valence electrons. The fraction of sp³-hybridized carbons (Fsp3) is 0.286. The Morgan fingerprint density at radius 2 is 2.11 bits per heavy atom. The molecule has 0 spiro atoms. The summed E-state index contributed by atoms with van der Waals surface area (Å²) in [6, 6.07) is 7.80. The maximum atomic E-state index is 12.3. The van der Waals surface area contributed by atoms with E-state index in [4.69, 9.17) is 0 Å². The lowest BCUT2D eigenvalue weighted by Crippen LogP contribution is -2.14. The molecule has 0 aliphatic heterocycles. The molecule has 0 unspecified atom stereocenters. The summed E-state index contributed by atoms with van der Waals surface area (Å²) in [5, 5.41) is 7.18. The van der Waals surface area contributed by atoms with Crippen molar-refractivity contribution in [3.8, 4) is 0 Å². The van der Waals surface area contributed by atoms with E-state index in [1.165, 1.54) is 0 Å². The molecule has 1 aromatic heterocycles. The standard InChI is InChI=1S/C14H17N3OS/c1-9-13(10(2)17(3)16-9)14(18)15-11-6-5-7-12(8-11)19-4/h5-8H,1-4H3,(H,15,18). The molecule has 0 saturated carbocycles. The zero-order valence-corrected chi connectivity index (χ0v) is 12.3. The second-order valence-corrected chi connectivity index (χ2v) is 5.24. The number of nitrogens with zero attached hydrogens (tertiary/aromatic N) is 2. The largest absolute Gasteiger partial charge is 0.322 e. The van der Waals surface area contributed by atoms with Crippen LogP contribution in [0.5, 0.6) is 0 Å². The van der Waals surface area contributed by atoms with Crippen molar-refractivity contribution < 1.29 is 4.79 Å². The number of hydrogen-bond donors (Lipinski definition) is 1. The Labute approximate surface area is 117 Å².